The van der Waals surface area contributed by atoms with E-state index in [9.17, 15) is 4.79 Å². The molecule has 0 radical (unpaired) electrons. The van der Waals surface area contributed by atoms with E-state index in [2.05, 4.69) is 23.6 Å². The van der Waals surface area contributed by atoms with Crippen LogP contribution in [0.25, 0.3) is 0 Å². The first-order valence-corrected chi connectivity index (χ1v) is 7.88. The molecule has 0 aromatic heterocycles. The average Bonchev–Trinajstić information content (AvgIpc) is 2.60. The molecular formula is C19H24N2O2. The van der Waals surface area contributed by atoms with Crippen LogP contribution in [0.5, 0.6) is 5.75 Å². The van der Waals surface area contributed by atoms with Crippen molar-refractivity contribution in [1.29, 1.82) is 0 Å². The zero-order valence-corrected chi connectivity index (χ0v) is 13.9. The Kier molecular flexibility index (Phi) is 6.18. The van der Waals surface area contributed by atoms with Gasteiger partial charge in [-0.1, -0.05) is 31.2 Å². The minimum atomic E-state index is 0.0296. The summed E-state index contributed by atoms with van der Waals surface area (Å²) in [6, 6.07) is 16.2. The van der Waals surface area contributed by atoms with Crippen LogP contribution in [0.1, 0.15) is 37.4 Å². The summed E-state index contributed by atoms with van der Waals surface area (Å²) in [6.07, 6.45) is 0.486. The maximum absolute atomic E-state index is 11.4. The van der Waals surface area contributed by atoms with Crippen molar-refractivity contribution in [2.24, 2.45) is 0 Å². The fraction of sp³-hybridized carbons (Fsp3) is 0.316. The first kappa shape index (κ1) is 17.0. The molecule has 0 saturated heterocycles. The Morgan fingerprint density at radius 3 is 2.57 bits per heavy atom. The van der Waals surface area contributed by atoms with Crippen LogP contribution in [0, 0.1) is 0 Å². The zero-order valence-electron chi connectivity index (χ0n) is 13.9. The number of ether oxygens (including phenoxy) is 1. The van der Waals surface area contributed by atoms with Gasteiger partial charge < -0.3 is 15.4 Å². The van der Waals surface area contributed by atoms with Crippen molar-refractivity contribution >= 4 is 11.6 Å². The van der Waals surface area contributed by atoms with Crippen molar-refractivity contribution in [3.05, 3.63) is 59.7 Å². The Morgan fingerprint density at radius 2 is 1.91 bits per heavy atom. The van der Waals surface area contributed by atoms with E-state index in [1.165, 1.54) is 11.1 Å². The minimum Gasteiger partial charge on any atom is -0.497 e. The molecule has 2 rings (SSSR count). The standard InChI is InChI=1S/C19H24N2O2/c1-4-19(22)21-17-10-8-16(9-11-17)14(2)20-13-15-6-5-7-18(12-15)23-3/h5-12,14,20H,4,13H2,1-3H3,(H,21,22). The van der Waals surface area contributed by atoms with Gasteiger partial charge in [-0.3, -0.25) is 4.79 Å². The molecule has 0 spiro atoms. The van der Waals surface area contributed by atoms with Crippen LogP contribution in [-0.4, -0.2) is 13.0 Å². The Balaban J connectivity index is 1.92. The molecule has 0 aliphatic rings. The quantitative estimate of drug-likeness (QED) is 0.815. The van der Waals surface area contributed by atoms with E-state index in [1.807, 2.05) is 49.4 Å². The molecule has 1 amide bonds. The lowest BCUT2D eigenvalue weighted by Gasteiger charge is -2.15. The molecule has 0 heterocycles. The molecule has 0 fully saturated rings. The van der Waals surface area contributed by atoms with Gasteiger partial charge in [0.05, 0.1) is 7.11 Å². The number of carbonyl (C=O) groups is 1. The van der Waals surface area contributed by atoms with Crippen molar-refractivity contribution < 1.29 is 9.53 Å². The summed E-state index contributed by atoms with van der Waals surface area (Å²) in [5.41, 5.74) is 3.20. The van der Waals surface area contributed by atoms with Crippen molar-refractivity contribution in [3.63, 3.8) is 0 Å². The first-order valence-electron chi connectivity index (χ1n) is 7.88. The van der Waals surface area contributed by atoms with E-state index < -0.39 is 0 Å². The lowest BCUT2D eigenvalue weighted by molar-refractivity contribution is -0.115. The number of hydrogen-bond acceptors (Lipinski definition) is 3. The van der Waals surface area contributed by atoms with Gasteiger partial charge >= 0.3 is 0 Å². The molecule has 0 bridgehead atoms. The number of nitrogens with one attached hydrogen (secondary N) is 2. The average molecular weight is 312 g/mol. The number of benzene rings is 2. The van der Waals surface area contributed by atoms with Gasteiger partial charge in [0.25, 0.3) is 0 Å². The van der Waals surface area contributed by atoms with Crippen molar-refractivity contribution in [2.75, 3.05) is 12.4 Å². The molecule has 23 heavy (non-hydrogen) atoms. The van der Waals surface area contributed by atoms with Crippen LogP contribution in [0.15, 0.2) is 48.5 Å². The third-order valence-corrected chi connectivity index (χ3v) is 3.76. The Hall–Kier alpha value is -2.33. The molecule has 1 unspecified atom stereocenters. The highest BCUT2D eigenvalue weighted by Crippen LogP contribution is 2.18. The molecule has 1 atom stereocenters. The number of methoxy groups -OCH3 is 1. The second kappa shape index (κ2) is 8.34. The summed E-state index contributed by atoms with van der Waals surface area (Å²) < 4.78 is 5.24. The number of amides is 1. The number of carbonyl (C=O) groups excluding carboxylic acids is 1. The van der Waals surface area contributed by atoms with Crippen LogP contribution >= 0.6 is 0 Å². The topological polar surface area (TPSA) is 50.4 Å². The summed E-state index contributed by atoms with van der Waals surface area (Å²) in [6.45, 7) is 4.74. The highest BCUT2D eigenvalue weighted by molar-refractivity contribution is 5.90. The molecule has 4 heteroatoms. The third-order valence-electron chi connectivity index (χ3n) is 3.76. The Labute approximate surface area is 137 Å². The first-order chi connectivity index (χ1) is 11.1. The number of anilines is 1. The molecule has 0 saturated carbocycles. The molecule has 122 valence electrons. The summed E-state index contributed by atoms with van der Waals surface area (Å²) in [5, 5.41) is 6.35. The monoisotopic (exact) mass is 312 g/mol. The molecule has 2 N–H and O–H groups in total. The largest absolute Gasteiger partial charge is 0.497 e. The van der Waals surface area contributed by atoms with Crippen molar-refractivity contribution in [1.82, 2.24) is 5.32 Å². The molecular weight excluding hydrogens is 288 g/mol. The minimum absolute atomic E-state index is 0.0296. The van der Waals surface area contributed by atoms with Gasteiger partial charge in [0.15, 0.2) is 0 Å². The Bertz CT molecular complexity index is 638. The summed E-state index contributed by atoms with van der Waals surface area (Å²) in [7, 11) is 1.67. The number of rotatable bonds is 7. The number of hydrogen-bond donors (Lipinski definition) is 2. The highest BCUT2D eigenvalue weighted by atomic mass is 16.5. The lowest BCUT2D eigenvalue weighted by Crippen LogP contribution is -2.18. The molecule has 0 aliphatic carbocycles. The van der Waals surface area contributed by atoms with E-state index in [4.69, 9.17) is 4.74 Å². The van der Waals surface area contributed by atoms with Crippen LogP contribution < -0.4 is 15.4 Å². The van der Waals surface area contributed by atoms with Gasteiger partial charge in [-0.25, -0.2) is 0 Å². The molecule has 2 aromatic rings. The van der Waals surface area contributed by atoms with Crippen molar-refractivity contribution in [3.8, 4) is 5.75 Å². The van der Waals surface area contributed by atoms with E-state index in [-0.39, 0.29) is 11.9 Å². The predicted molar refractivity (Wildman–Crippen MR) is 93.6 cm³/mol. The van der Waals surface area contributed by atoms with Crippen molar-refractivity contribution in [2.45, 2.75) is 32.9 Å². The summed E-state index contributed by atoms with van der Waals surface area (Å²) in [4.78, 5) is 11.4. The predicted octanol–water partition coefficient (Wildman–Crippen LogP) is 3.89. The van der Waals surface area contributed by atoms with E-state index in [1.54, 1.807) is 7.11 Å². The van der Waals surface area contributed by atoms with Gasteiger partial charge in [0.1, 0.15) is 5.75 Å². The zero-order chi connectivity index (χ0) is 16.7. The highest BCUT2D eigenvalue weighted by Gasteiger charge is 2.06. The fourth-order valence-electron chi connectivity index (χ4n) is 2.28. The summed E-state index contributed by atoms with van der Waals surface area (Å²) in [5.74, 6) is 0.898. The SMILES string of the molecule is CCC(=O)Nc1ccc(C(C)NCc2cccc(OC)c2)cc1. The van der Waals surface area contributed by atoms with Gasteiger partial charge in [-0.05, 0) is 42.3 Å². The normalized spacial score (nSPS) is 11.8. The maximum atomic E-state index is 11.4. The van der Waals surface area contributed by atoms with Gasteiger partial charge in [-0.2, -0.15) is 0 Å². The fourth-order valence-corrected chi connectivity index (χ4v) is 2.28. The van der Waals surface area contributed by atoms with Gasteiger partial charge in [-0.15, -0.1) is 0 Å². The van der Waals surface area contributed by atoms with Crippen LogP contribution in [0.4, 0.5) is 5.69 Å². The second-order valence-corrected chi connectivity index (χ2v) is 5.48. The molecule has 4 nitrogen and oxygen atoms in total. The smallest absolute Gasteiger partial charge is 0.224 e. The maximum Gasteiger partial charge on any atom is 0.224 e. The van der Waals surface area contributed by atoms with E-state index in [0.29, 0.717) is 6.42 Å². The van der Waals surface area contributed by atoms with Crippen LogP contribution in [0.3, 0.4) is 0 Å². The summed E-state index contributed by atoms with van der Waals surface area (Å²) >= 11 is 0. The van der Waals surface area contributed by atoms with Gasteiger partial charge in [0, 0.05) is 24.7 Å². The third kappa shape index (κ3) is 5.11. The molecule has 0 aliphatic heterocycles. The Morgan fingerprint density at radius 1 is 1.17 bits per heavy atom. The van der Waals surface area contributed by atoms with E-state index in [0.717, 1.165) is 18.0 Å². The molecule has 2 aromatic carbocycles. The van der Waals surface area contributed by atoms with Gasteiger partial charge in [0.2, 0.25) is 5.91 Å². The lowest BCUT2D eigenvalue weighted by atomic mass is 10.1. The second-order valence-electron chi connectivity index (χ2n) is 5.48. The van der Waals surface area contributed by atoms with Crippen LogP contribution in [0.2, 0.25) is 0 Å². The van der Waals surface area contributed by atoms with Crippen LogP contribution in [-0.2, 0) is 11.3 Å². The van der Waals surface area contributed by atoms with E-state index >= 15 is 0 Å².